The summed E-state index contributed by atoms with van der Waals surface area (Å²) in [4.78, 5) is 4.77. The summed E-state index contributed by atoms with van der Waals surface area (Å²) in [5, 5.41) is 14.7. The number of pyridine rings is 1. The number of nitrogens with one attached hydrogen (secondary N) is 1. The van der Waals surface area contributed by atoms with Crippen LogP contribution in [0.25, 0.3) is 22.2 Å². The standard InChI is InChI=1S/C23H26N2O2/c26-19(15-24-18-10-4-5-11-18)16-27-23-14-22(17-8-2-1-3-9-17)25-21-13-7-6-12-20(21)23/h1-3,6-9,12-14,18-19,24,26H,4-5,10-11,15-16H2. The third-order valence-corrected chi connectivity index (χ3v) is 5.18. The van der Waals surface area contributed by atoms with Gasteiger partial charge in [-0.25, -0.2) is 4.98 Å². The highest BCUT2D eigenvalue weighted by atomic mass is 16.5. The first-order chi connectivity index (χ1) is 13.3. The van der Waals surface area contributed by atoms with Gasteiger partial charge in [0, 0.05) is 29.6 Å². The van der Waals surface area contributed by atoms with Crippen LogP contribution in [-0.4, -0.2) is 35.4 Å². The van der Waals surface area contributed by atoms with E-state index in [1.807, 2.05) is 60.7 Å². The normalized spacial score (nSPS) is 15.9. The van der Waals surface area contributed by atoms with Crippen molar-refractivity contribution in [1.29, 1.82) is 0 Å². The number of para-hydroxylation sites is 1. The van der Waals surface area contributed by atoms with E-state index in [0.29, 0.717) is 12.6 Å². The molecule has 3 aromatic rings. The third-order valence-electron chi connectivity index (χ3n) is 5.18. The van der Waals surface area contributed by atoms with Crippen molar-refractivity contribution in [2.45, 2.75) is 37.8 Å². The summed E-state index contributed by atoms with van der Waals surface area (Å²) < 4.78 is 6.03. The first kappa shape index (κ1) is 18.0. The molecule has 0 spiro atoms. The molecule has 4 heteroatoms. The van der Waals surface area contributed by atoms with Crippen molar-refractivity contribution in [2.24, 2.45) is 0 Å². The molecule has 27 heavy (non-hydrogen) atoms. The van der Waals surface area contributed by atoms with E-state index < -0.39 is 6.10 Å². The van der Waals surface area contributed by atoms with E-state index in [9.17, 15) is 5.11 Å². The monoisotopic (exact) mass is 362 g/mol. The van der Waals surface area contributed by atoms with Gasteiger partial charge < -0.3 is 15.2 Å². The van der Waals surface area contributed by atoms with E-state index in [0.717, 1.165) is 27.9 Å². The van der Waals surface area contributed by atoms with Gasteiger partial charge in [0.1, 0.15) is 18.5 Å². The average molecular weight is 362 g/mol. The molecule has 1 aliphatic carbocycles. The second-order valence-corrected chi connectivity index (χ2v) is 7.24. The van der Waals surface area contributed by atoms with Crippen molar-refractivity contribution >= 4 is 10.9 Å². The highest BCUT2D eigenvalue weighted by Gasteiger charge is 2.16. The number of aromatic nitrogens is 1. The lowest BCUT2D eigenvalue weighted by molar-refractivity contribution is 0.104. The number of nitrogens with zero attached hydrogens (tertiary/aromatic N) is 1. The van der Waals surface area contributed by atoms with Crippen molar-refractivity contribution in [3.05, 3.63) is 60.7 Å². The number of hydrogen-bond acceptors (Lipinski definition) is 4. The third kappa shape index (κ3) is 4.46. The van der Waals surface area contributed by atoms with Crippen LogP contribution < -0.4 is 10.1 Å². The summed E-state index contributed by atoms with van der Waals surface area (Å²) in [6.07, 6.45) is 4.47. The lowest BCUT2D eigenvalue weighted by Gasteiger charge is -2.18. The Kier molecular flexibility index (Phi) is 5.66. The van der Waals surface area contributed by atoms with Gasteiger partial charge >= 0.3 is 0 Å². The minimum absolute atomic E-state index is 0.266. The molecule has 2 N–H and O–H groups in total. The second-order valence-electron chi connectivity index (χ2n) is 7.24. The maximum absolute atomic E-state index is 10.3. The van der Waals surface area contributed by atoms with E-state index in [1.165, 1.54) is 25.7 Å². The predicted octanol–water partition coefficient (Wildman–Crippen LogP) is 4.17. The molecule has 1 saturated carbocycles. The Hall–Kier alpha value is -2.43. The molecular formula is C23H26N2O2. The predicted molar refractivity (Wildman–Crippen MR) is 109 cm³/mol. The van der Waals surface area contributed by atoms with E-state index in [1.54, 1.807) is 0 Å². The van der Waals surface area contributed by atoms with Gasteiger partial charge in [-0.05, 0) is 25.0 Å². The smallest absolute Gasteiger partial charge is 0.131 e. The maximum Gasteiger partial charge on any atom is 0.131 e. The van der Waals surface area contributed by atoms with Gasteiger partial charge in [0.25, 0.3) is 0 Å². The van der Waals surface area contributed by atoms with Gasteiger partial charge in [0.15, 0.2) is 0 Å². The number of ether oxygens (including phenoxy) is 1. The summed E-state index contributed by atoms with van der Waals surface area (Å²) in [6.45, 7) is 0.835. The fourth-order valence-electron chi connectivity index (χ4n) is 3.70. The lowest BCUT2D eigenvalue weighted by atomic mass is 10.1. The van der Waals surface area contributed by atoms with Crippen molar-refractivity contribution in [3.8, 4) is 17.0 Å². The molecular weight excluding hydrogens is 336 g/mol. The molecule has 1 fully saturated rings. The quantitative estimate of drug-likeness (QED) is 0.662. The summed E-state index contributed by atoms with van der Waals surface area (Å²) in [5.41, 5.74) is 2.83. The summed E-state index contributed by atoms with van der Waals surface area (Å²) >= 11 is 0. The van der Waals surface area contributed by atoms with Crippen LogP contribution in [-0.2, 0) is 0 Å². The number of rotatable bonds is 7. The fourth-order valence-corrected chi connectivity index (χ4v) is 3.70. The van der Waals surface area contributed by atoms with Crippen molar-refractivity contribution in [3.63, 3.8) is 0 Å². The minimum atomic E-state index is -0.530. The first-order valence-electron chi connectivity index (χ1n) is 9.79. The van der Waals surface area contributed by atoms with Crippen molar-refractivity contribution < 1.29 is 9.84 Å². The Morgan fingerprint density at radius 2 is 1.78 bits per heavy atom. The van der Waals surface area contributed by atoms with Gasteiger partial charge in [-0.1, -0.05) is 55.3 Å². The van der Waals surface area contributed by atoms with Gasteiger partial charge in [-0.15, -0.1) is 0 Å². The first-order valence-corrected chi connectivity index (χ1v) is 9.79. The van der Waals surface area contributed by atoms with Crippen LogP contribution in [0.2, 0.25) is 0 Å². The zero-order chi connectivity index (χ0) is 18.5. The van der Waals surface area contributed by atoms with E-state index in [-0.39, 0.29) is 6.61 Å². The molecule has 0 aliphatic heterocycles. The van der Waals surface area contributed by atoms with Gasteiger partial charge in [-0.3, -0.25) is 0 Å². The van der Waals surface area contributed by atoms with Crippen LogP contribution in [0.4, 0.5) is 0 Å². The Balaban J connectivity index is 1.49. The van der Waals surface area contributed by atoms with Gasteiger partial charge in [-0.2, -0.15) is 0 Å². The van der Waals surface area contributed by atoms with Crippen LogP contribution in [0.5, 0.6) is 5.75 Å². The highest BCUT2D eigenvalue weighted by molar-refractivity contribution is 5.87. The topological polar surface area (TPSA) is 54.4 Å². The van der Waals surface area contributed by atoms with Crippen LogP contribution >= 0.6 is 0 Å². The molecule has 0 saturated heterocycles. The zero-order valence-corrected chi connectivity index (χ0v) is 15.5. The fraction of sp³-hybridized carbons (Fsp3) is 0.348. The molecule has 1 atom stereocenters. The largest absolute Gasteiger partial charge is 0.490 e. The van der Waals surface area contributed by atoms with E-state index in [2.05, 4.69) is 5.32 Å². The summed E-state index contributed by atoms with van der Waals surface area (Å²) in [7, 11) is 0. The maximum atomic E-state index is 10.3. The zero-order valence-electron chi connectivity index (χ0n) is 15.5. The van der Waals surface area contributed by atoms with Crippen LogP contribution in [0, 0.1) is 0 Å². The summed E-state index contributed by atoms with van der Waals surface area (Å²) in [5.74, 6) is 0.763. The molecule has 140 valence electrons. The molecule has 2 aromatic carbocycles. The number of benzene rings is 2. The van der Waals surface area contributed by atoms with Crippen LogP contribution in [0.15, 0.2) is 60.7 Å². The number of aliphatic hydroxyl groups excluding tert-OH is 1. The Labute approximate surface area is 160 Å². The molecule has 1 unspecified atom stereocenters. The minimum Gasteiger partial charge on any atom is -0.490 e. The highest BCUT2D eigenvalue weighted by Crippen LogP contribution is 2.30. The number of aliphatic hydroxyl groups is 1. The molecule has 1 aliphatic rings. The second kappa shape index (κ2) is 8.51. The number of fused-ring (bicyclic) bond motifs is 1. The molecule has 4 rings (SSSR count). The van der Waals surface area contributed by atoms with Gasteiger partial charge in [0.2, 0.25) is 0 Å². The van der Waals surface area contributed by atoms with E-state index >= 15 is 0 Å². The van der Waals surface area contributed by atoms with Crippen LogP contribution in [0.3, 0.4) is 0 Å². The molecule has 1 aromatic heterocycles. The van der Waals surface area contributed by atoms with Crippen molar-refractivity contribution in [2.75, 3.05) is 13.2 Å². The van der Waals surface area contributed by atoms with Crippen LogP contribution in [0.1, 0.15) is 25.7 Å². The molecule has 0 amide bonds. The summed E-state index contributed by atoms with van der Waals surface area (Å²) in [6, 6.07) is 20.6. The molecule has 1 heterocycles. The SMILES string of the molecule is OC(CNC1CCCC1)COc1cc(-c2ccccc2)nc2ccccc12. The van der Waals surface area contributed by atoms with Gasteiger partial charge in [0.05, 0.1) is 11.2 Å². The Bertz CT molecular complexity index is 876. The molecule has 0 radical (unpaired) electrons. The Morgan fingerprint density at radius 1 is 1.04 bits per heavy atom. The molecule has 4 nitrogen and oxygen atoms in total. The number of hydrogen-bond donors (Lipinski definition) is 2. The van der Waals surface area contributed by atoms with E-state index in [4.69, 9.17) is 9.72 Å². The van der Waals surface area contributed by atoms with Crippen molar-refractivity contribution in [1.82, 2.24) is 10.3 Å². The average Bonchev–Trinajstić information content (AvgIpc) is 3.24. The molecule has 0 bridgehead atoms. The lowest BCUT2D eigenvalue weighted by Crippen LogP contribution is -2.36. The Morgan fingerprint density at radius 3 is 2.59 bits per heavy atom.